The third-order valence-corrected chi connectivity index (χ3v) is 3.07. The van der Waals surface area contributed by atoms with Crippen LogP contribution in [0.2, 0.25) is 0 Å². The molecule has 0 fully saturated rings. The Kier molecular flexibility index (Phi) is 5.16. The van der Waals surface area contributed by atoms with E-state index in [4.69, 9.17) is 11.0 Å². The molecular formula is C17H14N4O3. The standard InChI is InChI=1S/C17H14N4O3/c18-9-12(17(24)21-14-3-1-2-4-15(14)22)10-20-13-7-5-11(6-8-13)16(19)23/h1-8,10,20,22H,(H2,19,23)(H,21,24)/b12-10-. The Bertz CT molecular complexity index is 836. The van der Waals surface area contributed by atoms with Crippen molar-refractivity contribution in [3.8, 4) is 11.8 Å². The van der Waals surface area contributed by atoms with Crippen molar-refractivity contribution in [2.75, 3.05) is 10.6 Å². The van der Waals surface area contributed by atoms with Crippen LogP contribution in [0.25, 0.3) is 0 Å². The lowest BCUT2D eigenvalue weighted by Crippen LogP contribution is -2.14. The summed E-state index contributed by atoms with van der Waals surface area (Å²) in [5.74, 6) is -1.31. The van der Waals surface area contributed by atoms with Crippen LogP contribution in [0.5, 0.6) is 5.75 Å². The lowest BCUT2D eigenvalue weighted by Gasteiger charge is -2.07. The fraction of sp³-hybridized carbons (Fsp3) is 0. The van der Waals surface area contributed by atoms with Crippen LogP contribution in [0.4, 0.5) is 11.4 Å². The molecule has 2 rings (SSSR count). The van der Waals surface area contributed by atoms with E-state index in [0.29, 0.717) is 11.3 Å². The SMILES string of the molecule is N#C/C(=C/Nc1ccc(C(N)=O)cc1)C(=O)Nc1ccccc1O. The Morgan fingerprint density at radius 3 is 2.38 bits per heavy atom. The van der Waals surface area contributed by atoms with Crippen LogP contribution in [0.1, 0.15) is 10.4 Å². The molecule has 0 radical (unpaired) electrons. The number of amides is 2. The second-order valence-electron chi connectivity index (χ2n) is 4.73. The van der Waals surface area contributed by atoms with Gasteiger partial charge in [0.1, 0.15) is 17.4 Å². The fourth-order valence-electron chi connectivity index (χ4n) is 1.80. The molecule has 0 aliphatic carbocycles. The quantitative estimate of drug-likeness (QED) is 0.380. The van der Waals surface area contributed by atoms with Gasteiger partial charge in [0.25, 0.3) is 5.91 Å². The molecule has 0 aromatic heterocycles. The number of primary amides is 1. The number of hydrogen-bond acceptors (Lipinski definition) is 5. The topological polar surface area (TPSA) is 128 Å². The number of hydrogen-bond donors (Lipinski definition) is 4. The number of nitrogens with zero attached hydrogens (tertiary/aromatic N) is 1. The molecule has 2 amide bonds. The largest absolute Gasteiger partial charge is 0.506 e. The first kappa shape index (κ1) is 16.6. The number of phenols is 1. The van der Waals surface area contributed by atoms with Crippen molar-refractivity contribution in [1.82, 2.24) is 0 Å². The zero-order chi connectivity index (χ0) is 17.5. The summed E-state index contributed by atoms with van der Waals surface area (Å²) in [6, 6.07) is 14.2. The van der Waals surface area contributed by atoms with Gasteiger partial charge in [-0.2, -0.15) is 5.26 Å². The number of para-hydroxylation sites is 2. The van der Waals surface area contributed by atoms with E-state index >= 15 is 0 Å². The molecule has 0 unspecified atom stereocenters. The van der Waals surface area contributed by atoms with Gasteiger partial charge in [-0.3, -0.25) is 9.59 Å². The van der Waals surface area contributed by atoms with Crippen molar-refractivity contribution < 1.29 is 14.7 Å². The number of phenolic OH excluding ortho intramolecular Hbond substituents is 1. The molecule has 0 spiro atoms. The van der Waals surface area contributed by atoms with Crippen LogP contribution in [0, 0.1) is 11.3 Å². The molecule has 0 heterocycles. The molecule has 5 N–H and O–H groups in total. The molecule has 7 heteroatoms. The average molecular weight is 322 g/mol. The molecule has 0 aliphatic rings. The Hall–Kier alpha value is -3.79. The summed E-state index contributed by atoms with van der Waals surface area (Å²) in [5.41, 5.74) is 6.09. The molecular weight excluding hydrogens is 308 g/mol. The summed E-state index contributed by atoms with van der Waals surface area (Å²) in [5, 5.41) is 23.9. The highest BCUT2D eigenvalue weighted by Gasteiger charge is 2.11. The molecule has 0 aliphatic heterocycles. The summed E-state index contributed by atoms with van der Waals surface area (Å²) in [6.07, 6.45) is 1.23. The number of anilines is 2. The maximum atomic E-state index is 12.0. The normalized spacial score (nSPS) is 10.5. The van der Waals surface area contributed by atoms with E-state index in [9.17, 15) is 14.7 Å². The molecule has 2 aromatic rings. The number of benzene rings is 2. The average Bonchev–Trinajstić information content (AvgIpc) is 2.58. The monoisotopic (exact) mass is 322 g/mol. The minimum atomic E-state index is -0.666. The highest BCUT2D eigenvalue weighted by Crippen LogP contribution is 2.22. The minimum absolute atomic E-state index is 0.0989. The highest BCUT2D eigenvalue weighted by atomic mass is 16.3. The van der Waals surface area contributed by atoms with E-state index in [1.807, 2.05) is 0 Å². The van der Waals surface area contributed by atoms with Gasteiger partial charge in [-0.15, -0.1) is 0 Å². The maximum Gasteiger partial charge on any atom is 0.267 e. The Morgan fingerprint density at radius 2 is 1.79 bits per heavy atom. The molecule has 0 saturated carbocycles. The number of nitriles is 1. The molecule has 0 saturated heterocycles. The van der Waals surface area contributed by atoms with Crippen LogP contribution in [0.3, 0.4) is 0 Å². The number of carbonyl (C=O) groups excluding carboxylic acids is 2. The van der Waals surface area contributed by atoms with Gasteiger partial charge in [0.15, 0.2) is 0 Å². The number of nitrogens with one attached hydrogen (secondary N) is 2. The van der Waals surface area contributed by atoms with Crippen molar-refractivity contribution in [2.24, 2.45) is 5.73 Å². The lowest BCUT2D eigenvalue weighted by atomic mass is 10.2. The van der Waals surface area contributed by atoms with Crippen LogP contribution in [-0.2, 0) is 4.79 Å². The summed E-state index contributed by atoms with van der Waals surface area (Å²) in [4.78, 5) is 23.0. The summed E-state index contributed by atoms with van der Waals surface area (Å²) >= 11 is 0. The Labute approximate surface area is 138 Å². The van der Waals surface area contributed by atoms with Gasteiger partial charge in [-0.05, 0) is 36.4 Å². The Morgan fingerprint density at radius 1 is 1.12 bits per heavy atom. The molecule has 0 atom stereocenters. The van der Waals surface area contributed by atoms with E-state index in [1.54, 1.807) is 30.3 Å². The van der Waals surface area contributed by atoms with Crippen LogP contribution in [-0.4, -0.2) is 16.9 Å². The first-order valence-electron chi connectivity index (χ1n) is 6.87. The van der Waals surface area contributed by atoms with Gasteiger partial charge in [-0.25, -0.2) is 0 Å². The van der Waals surface area contributed by atoms with Crippen molar-refractivity contribution >= 4 is 23.2 Å². The number of carbonyl (C=O) groups is 2. The predicted molar refractivity (Wildman–Crippen MR) is 89.0 cm³/mol. The molecule has 120 valence electrons. The first-order chi connectivity index (χ1) is 11.5. The molecule has 7 nitrogen and oxygen atoms in total. The predicted octanol–water partition coefficient (Wildman–Crippen LogP) is 1.95. The van der Waals surface area contributed by atoms with Gasteiger partial charge in [-0.1, -0.05) is 12.1 Å². The summed E-state index contributed by atoms with van der Waals surface area (Å²) < 4.78 is 0. The lowest BCUT2D eigenvalue weighted by molar-refractivity contribution is -0.112. The Balaban J connectivity index is 2.08. The maximum absolute atomic E-state index is 12.0. The van der Waals surface area contributed by atoms with Crippen molar-refractivity contribution in [1.29, 1.82) is 5.26 Å². The summed E-state index contributed by atoms with van der Waals surface area (Å²) in [6.45, 7) is 0. The number of rotatable bonds is 5. The van der Waals surface area contributed by atoms with E-state index < -0.39 is 11.8 Å². The third-order valence-electron chi connectivity index (χ3n) is 3.07. The highest BCUT2D eigenvalue weighted by molar-refractivity contribution is 6.07. The number of aromatic hydroxyl groups is 1. The van der Waals surface area contributed by atoms with Crippen molar-refractivity contribution in [3.05, 3.63) is 65.9 Å². The van der Waals surface area contributed by atoms with Crippen LogP contribution >= 0.6 is 0 Å². The zero-order valence-corrected chi connectivity index (χ0v) is 12.5. The van der Waals surface area contributed by atoms with Gasteiger partial charge in [0.2, 0.25) is 5.91 Å². The van der Waals surface area contributed by atoms with E-state index in [1.165, 1.54) is 30.5 Å². The second kappa shape index (κ2) is 7.47. The van der Waals surface area contributed by atoms with Gasteiger partial charge < -0.3 is 21.5 Å². The summed E-state index contributed by atoms with van der Waals surface area (Å²) in [7, 11) is 0. The second-order valence-corrected chi connectivity index (χ2v) is 4.73. The van der Waals surface area contributed by atoms with Gasteiger partial charge in [0.05, 0.1) is 5.69 Å². The fourth-order valence-corrected chi connectivity index (χ4v) is 1.80. The van der Waals surface area contributed by atoms with Crippen LogP contribution < -0.4 is 16.4 Å². The minimum Gasteiger partial charge on any atom is -0.506 e. The van der Waals surface area contributed by atoms with Gasteiger partial charge >= 0.3 is 0 Å². The third kappa shape index (κ3) is 4.11. The van der Waals surface area contributed by atoms with E-state index in [0.717, 1.165) is 0 Å². The smallest absolute Gasteiger partial charge is 0.267 e. The van der Waals surface area contributed by atoms with Crippen LogP contribution in [0.15, 0.2) is 60.3 Å². The van der Waals surface area contributed by atoms with E-state index in [2.05, 4.69) is 10.6 Å². The van der Waals surface area contributed by atoms with Gasteiger partial charge in [0, 0.05) is 17.5 Å². The number of nitrogens with two attached hydrogens (primary N) is 1. The zero-order valence-electron chi connectivity index (χ0n) is 12.5. The molecule has 24 heavy (non-hydrogen) atoms. The van der Waals surface area contributed by atoms with Crippen molar-refractivity contribution in [3.63, 3.8) is 0 Å². The van der Waals surface area contributed by atoms with Crippen molar-refractivity contribution in [2.45, 2.75) is 0 Å². The first-order valence-corrected chi connectivity index (χ1v) is 6.87. The molecule has 2 aromatic carbocycles. The molecule has 0 bridgehead atoms. The van der Waals surface area contributed by atoms with E-state index in [-0.39, 0.29) is 17.0 Å².